The van der Waals surface area contributed by atoms with Gasteiger partial charge in [0.2, 0.25) is 5.91 Å². The van der Waals surface area contributed by atoms with E-state index in [9.17, 15) is 9.59 Å². The maximum atomic E-state index is 12.3. The highest BCUT2D eigenvalue weighted by molar-refractivity contribution is 5.92. The number of hydrogen-bond acceptors (Lipinski definition) is 4. The predicted octanol–water partition coefficient (Wildman–Crippen LogP) is 1.49. The Hall–Kier alpha value is -1.98. The number of amides is 2. The third-order valence-electron chi connectivity index (χ3n) is 2.88. The Morgan fingerprint density at radius 2 is 2.05 bits per heavy atom. The Morgan fingerprint density at radius 1 is 1.29 bits per heavy atom. The van der Waals surface area contributed by atoms with Gasteiger partial charge in [0.1, 0.15) is 5.69 Å². The minimum absolute atomic E-state index is 0.0308. The van der Waals surface area contributed by atoms with E-state index in [1.54, 1.807) is 4.90 Å². The van der Waals surface area contributed by atoms with Crippen molar-refractivity contribution in [3.8, 4) is 0 Å². The zero-order valence-electron chi connectivity index (χ0n) is 13.0. The van der Waals surface area contributed by atoms with Crippen LogP contribution < -0.4 is 5.32 Å². The lowest BCUT2D eigenvalue weighted by molar-refractivity contribution is -0.121. The van der Waals surface area contributed by atoms with Gasteiger partial charge in [-0.25, -0.2) is 4.98 Å². The zero-order chi connectivity index (χ0) is 15.7. The first-order chi connectivity index (χ1) is 10.0. The second-order valence-electron chi connectivity index (χ2n) is 5.33. The second-order valence-corrected chi connectivity index (χ2v) is 5.33. The summed E-state index contributed by atoms with van der Waals surface area (Å²) in [6.45, 7) is 7.74. The maximum Gasteiger partial charge on any atom is 0.274 e. The van der Waals surface area contributed by atoms with E-state index in [0.29, 0.717) is 37.7 Å². The number of carbonyl (C=O) groups is 2. The molecule has 6 heteroatoms. The standard InChI is InChI=1S/C15H24N4O2/c1-4-8-19(9-5-14(20)18-10-12(2)3)15(21)13-11-16-6-7-17-13/h6-7,11-12H,4-5,8-10H2,1-3H3,(H,18,20). The monoisotopic (exact) mass is 292 g/mol. The van der Waals surface area contributed by atoms with E-state index >= 15 is 0 Å². The summed E-state index contributed by atoms with van der Waals surface area (Å²) in [6.07, 6.45) is 5.61. The number of aromatic nitrogens is 2. The lowest BCUT2D eigenvalue weighted by Gasteiger charge is -2.21. The topological polar surface area (TPSA) is 75.2 Å². The van der Waals surface area contributed by atoms with Crippen LogP contribution >= 0.6 is 0 Å². The molecule has 2 amide bonds. The Balaban J connectivity index is 2.54. The lowest BCUT2D eigenvalue weighted by Crippen LogP contribution is -2.37. The molecule has 0 saturated heterocycles. The molecule has 1 heterocycles. The van der Waals surface area contributed by atoms with Gasteiger partial charge in [0.25, 0.3) is 5.91 Å². The van der Waals surface area contributed by atoms with Crippen LogP contribution in [0.3, 0.4) is 0 Å². The molecular weight excluding hydrogens is 268 g/mol. The van der Waals surface area contributed by atoms with Crippen molar-refractivity contribution < 1.29 is 9.59 Å². The maximum absolute atomic E-state index is 12.3. The minimum Gasteiger partial charge on any atom is -0.356 e. The zero-order valence-corrected chi connectivity index (χ0v) is 13.0. The van der Waals surface area contributed by atoms with Crippen LogP contribution in [0.4, 0.5) is 0 Å². The van der Waals surface area contributed by atoms with Gasteiger partial charge in [0, 0.05) is 38.4 Å². The van der Waals surface area contributed by atoms with Crippen LogP contribution in [-0.4, -0.2) is 46.3 Å². The summed E-state index contributed by atoms with van der Waals surface area (Å²) in [5.41, 5.74) is 0.313. The van der Waals surface area contributed by atoms with Crippen molar-refractivity contribution in [3.63, 3.8) is 0 Å². The summed E-state index contributed by atoms with van der Waals surface area (Å²) in [6, 6.07) is 0. The van der Waals surface area contributed by atoms with Crippen molar-refractivity contribution in [2.24, 2.45) is 5.92 Å². The summed E-state index contributed by atoms with van der Waals surface area (Å²) >= 11 is 0. The normalized spacial score (nSPS) is 10.5. The smallest absolute Gasteiger partial charge is 0.274 e. The number of nitrogens with zero attached hydrogens (tertiary/aromatic N) is 3. The fourth-order valence-electron chi connectivity index (χ4n) is 1.80. The first-order valence-corrected chi connectivity index (χ1v) is 7.36. The predicted molar refractivity (Wildman–Crippen MR) is 80.7 cm³/mol. The highest BCUT2D eigenvalue weighted by Gasteiger charge is 2.17. The number of hydrogen-bond donors (Lipinski definition) is 1. The van der Waals surface area contributed by atoms with Crippen LogP contribution in [-0.2, 0) is 4.79 Å². The number of rotatable bonds is 8. The van der Waals surface area contributed by atoms with Gasteiger partial charge >= 0.3 is 0 Å². The molecule has 116 valence electrons. The van der Waals surface area contributed by atoms with Crippen LogP contribution in [0.5, 0.6) is 0 Å². The molecule has 0 fully saturated rings. The van der Waals surface area contributed by atoms with Crippen molar-refractivity contribution >= 4 is 11.8 Å². The molecule has 21 heavy (non-hydrogen) atoms. The van der Waals surface area contributed by atoms with Gasteiger partial charge in [-0.1, -0.05) is 20.8 Å². The minimum atomic E-state index is -0.179. The fraction of sp³-hybridized carbons (Fsp3) is 0.600. The molecule has 1 N–H and O–H groups in total. The summed E-state index contributed by atoms with van der Waals surface area (Å²) in [7, 11) is 0. The van der Waals surface area contributed by atoms with E-state index in [1.807, 2.05) is 20.8 Å². The van der Waals surface area contributed by atoms with E-state index in [2.05, 4.69) is 15.3 Å². The van der Waals surface area contributed by atoms with Crippen molar-refractivity contribution in [3.05, 3.63) is 24.3 Å². The van der Waals surface area contributed by atoms with Gasteiger partial charge in [-0.2, -0.15) is 0 Å². The van der Waals surface area contributed by atoms with E-state index in [-0.39, 0.29) is 11.8 Å². The van der Waals surface area contributed by atoms with E-state index in [1.165, 1.54) is 18.6 Å². The molecule has 6 nitrogen and oxygen atoms in total. The van der Waals surface area contributed by atoms with Crippen LogP contribution in [0.1, 0.15) is 44.1 Å². The first-order valence-electron chi connectivity index (χ1n) is 7.36. The first kappa shape index (κ1) is 17.1. The molecule has 0 saturated carbocycles. The van der Waals surface area contributed by atoms with Crippen molar-refractivity contribution in [1.82, 2.24) is 20.2 Å². The number of carbonyl (C=O) groups excluding carboxylic acids is 2. The Bertz CT molecular complexity index is 448. The van der Waals surface area contributed by atoms with Crippen molar-refractivity contribution in [2.75, 3.05) is 19.6 Å². The SMILES string of the molecule is CCCN(CCC(=O)NCC(C)C)C(=O)c1cnccn1. The quantitative estimate of drug-likeness (QED) is 0.787. The summed E-state index contributed by atoms with van der Waals surface area (Å²) in [5.74, 6) is 0.209. The van der Waals surface area contributed by atoms with E-state index < -0.39 is 0 Å². The van der Waals surface area contributed by atoms with Gasteiger partial charge in [0.05, 0.1) is 6.20 Å². The molecule has 0 aromatic carbocycles. The summed E-state index contributed by atoms with van der Waals surface area (Å²) in [4.78, 5) is 33.6. The third kappa shape index (κ3) is 6.33. The summed E-state index contributed by atoms with van der Waals surface area (Å²) < 4.78 is 0. The highest BCUT2D eigenvalue weighted by atomic mass is 16.2. The molecule has 0 unspecified atom stereocenters. The summed E-state index contributed by atoms with van der Waals surface area (Å²) in [5, 5.41) is 2.85. The molecule has 0 aliphatic rings. The van der Waals surface area contributed by atoms with Crippen LogP contribution in [0, 0.1) is 5.92 Å². The van der Waals surface area contributed by atoms with Crippen LogP contribution in [0.25, 0.3) is 0 Å². The molecule has 0 aliphatic heterocycles. The molecule has 0 spiro atoms. The third-order valence-corrected chi connectivity index (χ3v) is 2.88. The van der Waals surface area contributed by atoms with Crippen molar-refractivity contribution in [2.45, 2.75) is 33.6 Å². The van der Waals surface area contributed by atoms with E-state index in [0.717, 1.165) is 6.42 Å². The van der Waals surface area contributed by atoms with Gasteiger partial charge in [-0.3, -0.25) is 14.6 Å². The number of nitrogens with one attached hydrogen (secondary N) is 1. The van der Waals surface area contributed by atoms with Gasteiger partial charge in [-0.05, 0) is 12.3 Å². The molecule has 1 aromatic heterocycles. The highest BCUT2D eigenvalue weighted by Crippen LogP contribution is 2.03. The molecular formula is C15H24N4O2. The molecule has 0 aliphatic carbocycles. The van der Waals surface area contributed by atoms with Gasteiger partial charge < -0.3 is 10.2 Å². The molecule has 1 rings (SSSR count). The average Bonchev–Trinajstić information content (AvgIpc) is 2.49. The Morgan fingerprint density at radius 3 is 2.62 bits per heavy atom. The van der Waals surface area contributed by atoms with Gasteiger partial charge in [-0.15, -0.1) is 0 Å². The molecule has 1 aromatic rings. The fourth-order valence-corrected chi connectivity index (χ4v) is 1.80. The Kier molecular flexibility index (Phi) is 7.36. The van der Waals surface area contributed by atoms with Crippen LogP contribution in [0.15, 0.2) is 18.6 Å². The average molecular weight is 292 g/mol. The molecule has 0 bridgehead atoms. The lowest BCUT2D eigenvalue weighted by atomic mass is 10.2. The largest absolute Gasteiger partial charge is 0.356 e. The molecule has 0 radical (unpaired) electrons. The van der Waals surface area contributed by atoms with Crippen molar-refractivity contribution in [1.29, 1.82) is 0 Å². The molecule has 0 atom stereocenters. The van der Waals surface area contributed by atoms with E-state index in [4.69, 9.17) is 0 Å². The van der Waals surface area contributed by atoms with Gasteiger partial charge in [0.15, 0.2) is 0 Å². The van der Waals surface area contributed by atoms with Crippen LogP contribution in [0.2, 0.25) is 0 Å². The second kappa shape index (κ2) is 9.05. The Labute approximate surface area is 126 Å².